The van der Waals surface area contributed by atoms with Gasteiger partial charge in [-0.2, -0.15) is 0 Å². The lowest BCUT2D eigenvalue weighted by Crippen LogP contribution is -2.54. The number of aromatic nitrogens is 1. The Hall–Kier alpha value is -3.22. The molecule has 0 atom stereocenters. The average molecular weight is 584 g/mol. The van der Waals surface area contributed by atoms with Crippen LogP contribution >= 0.6 is 23.8 Å². The summed E-state index contributed by atoms with van der Waals surface area (Å²) in [7, 11) is 0. The highest BCUT2D eigenvalue weighted by molar-refractivity contribution is 7.80. The molecule has 8 rings (SSSR count). The van der Waals surface area contributed by atoms with Crippen LogP contribution in [0.5, 0.6) is 0 Å². The number of anilines is 1. The first-order chi connectivity index (χ1) is 19.6. The molecule has 210 valence electrons. The van der Waals surface area contributed by atoms with Crippen molar-refractivity contribution >= 4 is 52.5 Å². The summed E-state index contributed by atoms with van der Waals surface area (Å²) in [5, 5.41) is 3.26. The van der Waals surface area contributed by atoms with Crippen molar-refractivity contribution in [3.8, 4) is 5.69 Å². The molecular formula is C34H34ClN3O2S. The van der Waals surface area contributed by atoms with Crippen molar-refractivity contribution in [2.24, 2.45) is 17.8 Å². The third-order valence-corrected chi connectivity index (χ3v) is 10.8. The number of nitrogens with one attached hydrogen (secondary N) is 1. The van der Waals surface area contributed by atoms with Gasteiger partial charge in [0.25, 0.3) is 11.8 Å². The summed E-state index contributed by atoms with van der Waals surface area (Å²) in [5.41, 5.74) is 7.11. The second-order valence-corrected chi connectivity index (χ2v) is 13.5. The minimum atomic E-state index is -0.499. The average Bonchev–Trinajstić information content (AvgIpc) is 3.20. The molecule has 4 saturated carbocycles. The Kier molecular flexibility index (Phi) is 6.29. The van der Waals surface area contributed by atoms with Gasteiger partial charge in [0.15, 0.2) is 5.11 Å². The SMILES string of the molecule is Cc1c(Cl)cccc1N1C(=O)/C(=C/c2cc(C)n(-c3ccc(C45CC6CC(CC(C6)C4)C5)cc3)c2C)C(=O)NC1=S. The molecule has 41 heavy (non-hydrogen) atoms. The van der Waals surface area contributed by atoms with Gasteiger partial charge in [-0.25, -0.2) is 0 Å². The first kappa shape index (κ1) is 26.7. The number of amides is 2. The van der Waals surface area contributed by atoms with Crippen LogP contribution in [-0.4, -0.2) is 21.5 Å². The molecular weight excluding hydrogens is 550 g/mol. The second kappa shape index (κ2) is 9.67. The fourth-order valence-corrected chi connectivity index (χ4v) is 9.07. The first-order valence-corrected chi connectivity index (χ1v) is 15.4. The van der Waals surface area contributed by atoms with Gasteiger partial charge in [0.05, 0.1) is 5.69 Å². The monoisotopic (exact) mass is 583 g/mol. The highest BCUT2D eigenvalue weighted by Crippen LogP contribution is 2.60. The molecule has 2 heterocycles. The molecule has 4 aliphatic carbocycles. The van der Waals surface area contributed by atoms with Crippen LogP contribution in [0.15, 0.2) is 54.1 Å². The molecule has 7 heteroatoms. The Bertz CT molecular complexity index is 1620. The van der Waals surface area contributed by atoms with Crippen LogP contribution in [0.25, 0.3) is 11.8 Å². The molecule has 1 aliphatic heterocycles. The number of thiocarbonyl (C=S) groups is 1. The number of aryl methyl sites for hydroxylation is 1. The Morgan fingerprint density at radius 3 is 2.22 bits per heavy atom. The van der Waals surface area contributed by atoms with Gasteiger partial charge < -0.3 is 4.57 Å². The van der Waals surface area contributed by atoms with Crippen LogP contribution in [0.1, 0.15) is 66.6 Å². The normalized spacial score (nSPS) is 28.1. The van der Waals surface area contributed by atoms with Gasteiger partial charge in [0.2, 0.25) is 0 Å². The van der Waals surface area contributed by atoms with Crippen molar-refractivity contribution in [3.05, 3.63) is 87.2 Å². The van der Waals surface area contributed by atoms with Gasteiger partial charge >= 0.3 is 0 Å². The van der Waals surface area contributed by atoms with E-state index in [9.17, 15) is 9.59 Å². The molecule has 0 spiro atoms. The zero-order chi connectivity index (χ0) is 28.6. The lowest BCUT2D eigenvalue weighted by atomic mass is 9.48. The molecule has 2 aromatic carbocycles. The number of halogens is 1. The molecule has 1 saturated heterocycles. The highest BCUT2D eigenvalue weighted by atomic mass is 35.5. The van der Waals surface area contributed by atoms with E-state index in [1.807, 2.05) is 19.9 Å². The zero-order valence-electron chi connectivity index (χ0n) is 23.7. The van der Waals surface area contributed by atoms with Crippen molar-refractivity contribution in [2.45, 2.75) is 64.7 Å². The van der Waals surface area contributed by atoms with E-state index in [1.165, 1.54) is 49.0 Å². The number of benzene rings is 2. The molecule has 1 N–H and O–H groups in total. The summed E-state index contributed by atoms with van der Waals surface area (Å²) in [6, 6.07) is 16.5. The fourth-order valence-electron chi connectivity index (χ4n) is 8.63. The van der Waals surface area contributed by atoms with E-state index in [4.69, 9.17) is 23.8 Å². The number of carbonyl (C=O) groups is 2. The summed E-state index contributed by atoms with van der Waals surface area (Å²) >= 11 is 11.7. The summed E-state index contributed by atoms with van der Waals surface area (Å²) in [6.45, 7) is 5.91. The fraction of sp³-hybridized carbons (Fsp3) is 0.382. The van der Waals surface area contributed by atoms with Crippen molar-refractivity contribution in [3.63, 3.8) is 0 Å². The summed E-state index contributed by atoms with van der Waals surface area (Å²) in [6.07, 6.45) is 10.1. The maximum absolute atomic E-state index is 13.6. The van der Waals surface area contributed by atoms with E-state index in [0.29, 0.717) is 16.1 Å². The van der Waals surface area contributed by atoms with Crippen LogP contribution in [0, 0.1) is 38.5 Å². The summed E-state index contributed by atoms with van der Waals surface area (Å²) in [4.78, 5) is 28.0. The smallest absolute Gasteiger partial charge is 0.270 e. The highest BCUT2D eigenvalue weighted by Gasteiger charge is 2.51. The Labute approximate surface area is 251 Å². The van der Waals surface area contributed by atoms with E-state index in [1.54, 1.807) is 24.3 Å². The third-order valence-electron chi connectivity index (χ3n) is 10.1. The molecule has 3 aromatic rings. The summed E-state index contributed by atoms with van der Waals surface area (Å²) in [5.74, 6) is 1.78. The largest absolute Gasteiger partial charge is 0.318 e. The summed E-state index contributed by atoms with van der Waals surface area (Å²) < 4.78 is 2.20. The molecule has 1 aromatic heterocycles. The predicted molar refractivity (Wildman–Crippen MR) is 167 cm³/mol. The van der Waals surface area contributed by atoms with Gasteiger partial charge in [0, 0.05) is 22.1 Å². The predicted octanol–water partition coefficient (Wildman–Crippen LogP) is 7.36. The number of rotatable bonds is 4. The molecule has 5 nitrogen and oxygen atoms in total. The van der Waals surface area contributed by atoms with Crippen molar-refractivity contribution in [2.75, 3.05) is 4.90 Å². The third kappa shape index (κ3) is 4.29. The molecule has 5 fully saturated rings. The van der Waals surface area contributed by atoms with Gasteiger partial charge in [0.1, 0.15) is 5.57 Å². The van der Waals surface area contributed by atoms with E-state index in [2.05, 4.69) is 41.1 Å². The first-order valence-electron chi connectivity index (χ1n) is 14.6. The van der Waals surface area contributed by atoms with Crippen molar-refractivity contribution in [1.29, 1.82) is 0 Å². The van der Waals surface area contributed by atoms with Gasteiger partial charge in [-0.15, -0.1) is 0 Å². The lowest BCUT2D eigenvalue weighted by Gasteiger charge is -2.57. The standard InChI is InChI=1S/C34H34ClN3O2S/c1-19-11-25(15-28-31(39)36-33(41)38(32(28)40)30-6-4-5-29(35)20(30)2)21(3)37(19)27-9-7-26(8-10-27)34-16-22-12-23(17-34)14-24(13-22)18-34/h4-11,15,22-24H,12-14,16-18H2,1-3H3,(H,36,39,41)/b28-15+. The number of carbonyl (C=O) groups excluding carboxylic acids is 2. The molecule has 5 aliphatic rings. The Balaban J connectivity index is 1.20. The van der Waals surface area contributed by atoms with Crippen molar-refractivity contribution in [1.82, 2.24) is 9.88 Å². The number of hydrogen-bond donors (Lipinski definition) is 1. The lowest BCUT2D eigenvalue weighted by molar-refractivity contribution is -0.122. The van der Waals surface area contributed by atoms with E-state index in [-0.39, 0.29) is 10.7 Å². The van der Waals surface area contributed by atoms with Gasteiger partial charge in [-0.3, -0.25) is 19.8 Å². The van der Waals surface area contributed by atoms with Gasteiger partial charge in [-0.05, 0) is 148 Å². The Morgan fingerprint density at radius 1 is 0.951 bits per heavy atom. The maximum atomic E-state index is 13.6. The number of nitrogens with zero attached hydrogens (tertiary/aromatic N) is 2. The topological polar surface area (TPSA) is 54.3 Å². The minimum Gasteiger partial charge on any atom is -0.318 e. The quantitative estimate of drug-likeness (QED) is 0.198. The minimum absolute atomic E-state index is 0.0374. The number of hydrogen-bond acceptors (Lipinski definition) is 3. The van der Waals surface area contributed by atoms with E-state index in [0.717, 1.165) is 46.0 Å². The van der Waals surface area contributed by atoms with E-state index >= 15 is 0 Å². The van der Waals surface area contributed by atoms with Crippen LogP contribution < -0.4 is 10.2 Å². The maximum Gasteiger partial charge on any atom is 0.270 e. The zero-order valence-corrected chi connectivity index (χ0v) is 25.2. The Morgan fingerprint density at radius 2 is 1.59 bits per heavy atom. The van der Waals surface area contributed by atoms with E-state index < -0.39 is 11.8 Å². The van der Waals surface area contributed by atoms with Crippen LogP contribution in [0.3, 0.4) is 0 Å². The van der Waals surface area contributed by atoms with Crippen LogP contribution in [0.2, 0.25) is 5.02 Å². The second-order valence-electron chi connectivity index (χ2n) is 12.7. The van der Waals surface area contributed by atoms with Crippen LogP contribution in [-0.2, 0) is 15.0 Å². The van der Waals surface area contributed by atoms with Crippen molar-refractivity contribution < 1.29 is 9.59 Å². The molecule has 2 amide bonds. The van der Waals surface area contributed by atoms with Gasteiger partial charge in [-0.1, -0.05) is 29.8 Å². The molecule has 4 bridgehead atoms. The molecule has 0 radical (unpaired) electrons. The molecule has 0 unspecified atom stereocenters. The van der Waals surface area contributed by atoms with Crippen LogP contribution in [0.4, 0.5) is 5.69 Å².